The molecule has 0 aliphatic heterocycles. The molecule has 0 nitrogen and oxygen atoms in total. The van der Waals surface area contributed by atoms with Crippen LogP contribution in [0.1, 0.15) is 20.3 Å². The third-order valence-corrected chi connectivity index (χ3v) is 2.81. The van der Waals surface area contributed by atoms with Crippen LogP contribution in [0.5, 0.6) is 0 Å². The summed E-state index contributed by atoms with van der Waals surface area (Å²) in [5.41, 5.74) is 0. The molecule has 1 unspecified atom stereocenters. The Hall–Kier alpha value is 0.640. The van der Waals surface area contributed by atoms with Crippen molar-refractivity contribution < 1.29 is 0 Å². The molecule has 0 saturated carbocycles. The van der Waals surface area contributed by atoms with Gasteiger partial charge < -0.3 is 0 Å². The van der Waals surface area contributed by atoms with Gasteiger partial charge in [0.1, 0.15) is 0 Å². The summed E-state index contributed by atoms with van der Waals surface area (Å²) in [5.74, 6) is 1.88. The van der Waals surface area contributed by atoms with E-state index in [-0.39, 0.29) is 0 Å². The molecule has 0 fully saturated rings. The van der Waals surface area contributed by atoms with Gasteiger partial charge >= 0.3 is 0 Å². The summed E-state index contributed by atoms with van der Waals surface area (Å²) in [5, 5.41) is 0.786. The average Bonchev–Trinajstić information content (AvgIpc) is 1.83. The van der Waals surface area contributed by atoms with Crippen molar-refractivity contribution in [2.75, 3.05) is 11.6 Å². The Morgan fingerprint density at radius 1 is 1.62 bits per heavy atom. The summed E-state index contributed by atoms with van der Waals surface area (Å²) in [6.45, 7) is 4.43. The molecule has 2 heteroatoms. The highest BCUT2D eigenvalue weighted by molar-refractivity contribution is 7.99. The van der Waals surface area contributed by atoms with Gasteiger partial charge in [0, 0.05) is 16.9 Å². The van der Waals surface area contributed by atoms with E-state index in [1.54, 1.807) is 0 Å². The first-order valence-electron chi connectivity index (χ1n) is 2.98. The van der Waals surface area contributed by atoms with Crippen molar-refractivity contribution in [1.82, 2.24) is 0 Å². The van der Waals surface area contributed by atoms with Gasteiger partial charge in [0.15, 0.2) is 0 Å². The largest absolute Gasteiger partial charge is 0.158 e. The lowest BCUT2D eigenvalue weighted by atomic mass is 10.4. The van der Waals surface area contributed by atoms with Crippen molar-refractivity contribution in [3.8, 4) is 0 Å². The quantitative estimate of drug-likeness (QED) is 0.559. The van der Waals surface area contributed by atoms with Gasteiger partial charge in [-0.2, -0.15) is 11.8 Å². The molecule has 8 heavy (non-hydrogen) atoms. The molecule has 0 N–H and O–H groups in total. The Kier molecular flexibility index (Phi) is 6.23. The van der Waals surface area contributed by atoms with E-state index in [1.165, 1.54) is 6.42 Å². The predicted molar refractivity (Wildman–Crippen MR) is 42.9 cm³/mol. The summed E-state index contributed by atoms with van der Waals surface area (Å²) in [7, 11) is 0. The van der Waals surface area contributed by atoms with Gasteiger partial charge in [-0.3, -0.25) is 0 Å². The number of rotatable bonds is 4. The van der Waals surface area contributed by atoms with Crippen molar-refractivity contribution in [1.29, 1.82) is 0 Å². The second kappa shape index (κ2) is 5.77. The lowest BCUT2D eigenvalue weighted by Crippen LogP contribution is -1.94. The third-order valence-electron chi connectivity index (χ3n) is 1.05. The molecule has 0 rings (SSSR count). The minimum Gasteiger partial charge on any atom is -0.158 e. The maximum atomic E-state index is 5.48. The highest BCUT2D eigenvalue weighted by Crippen LogP contribution is 2.12. The van der Waals surface area contributed by atoms with E-state index in [4.69, 9.17) is 11.6 Å². The summed E-state index contributed by atoms with van der Waals surface area (Å²) in [6, 6.07) is 0. The van der Waals surface area contributed by atoms with Crippen LogP contribution in [-0.4, -0.2) is 16.9 Å². The Labute approximate surface area is 61.0 Å². The summed E-state index contributed by atoms with van der Waals surface area (Å²) in [6.07, 6.45) is 1.25. The second-order valence-corrected chi connectivity index (χ2v) is 3.70. The van der Waals surface area contributed by atoms with E-state index in [9.17, 15) is 0 Å². The smallest absolute Gasteiger partial charge is 0.0314 e. The molecule has 0 heterocycles. The molecule has 0 aromatic heterocycles. The minimum atomic E-state index is 0.786. The Bertz CT molecular complexity index is 47.8. The molecule has 0 saturated heterocycles. The molecular weight excluding hydrogens is 140 g/mol. The molecule has 50 valence electrons. The minimum absolute atomic E-state index is 0.786. The Morgan fingerprint density at radius 2 is 2.25 bits per heavy atom. The van der Waals surface area contributed by atoms with Crippen molar-refractivity contribution in [2.45, 2.75) is 25.5 Å². The fourth-order valence-corrected chi connectivity index (χ4v) is 1.36. The number of halogens is 1. The maximum Gasteiger partial charge on any atom is 0.0314 e. The molecule has 0 aromatic rings. The van der Waals surface area contributed by atoms with E-state index in [1.807, 2.05) is 11.8 Å². The molecule has 0 spiro atoms. The van der Waals surface area contributed by atoms with Gasteiger partial charge in [-0.15, -0.1) is 11.6 Å². The van der Waals surface area contributed by atoms with Gasteiger partial charge in [-0.25, -0.2) is 0 Å². The first-order valence-corrected chi connectivity index (χ1v) is 4.57. The van der Waals surface area contributed by atoms with Crippen LogP contribution in [-0.2, 0) is 0 Å². The van der Waals surface area contributed by atoms with Gasteiger partial charge in [-0.1, -0.05) is 13.8 Å². The predicted octanol–water partition coefficient (Wildman–Crippen LogP) is 2.76. The van der Waals surface area contributed by atoms with E-state index >= 15 is 0 Å². The van der Waals surface area contributed by atoms with Gasteiger partial charge in [0.2, 0.25) is 0 Å². The average molecular weight is 153 g/mol. The molecule has 0 aliphatic rings. The number of alkyl halides is 1. The summed E-state index contributed by atoms with van der Waals surface area (Å²) >= 11 is 7.43. The first kappa shape index (κ1) is 8.64. The maximum absolute atomic E-state index is 5.48. The zero-order valence-electron chi connectivity index (χ0n) is 5.48. The molecule has 0 radical (unpaired) electrons. The number of hydrogen-bond donors (Lipinski definition) is 0. The number of hydrogen-bond acceptors (Lipinski definition) is 1. The standard InChI is InChI=1S/C6H13ClS/c1-3-6(2)8-5-4-7/h6H,3-5H2,1-2H3. The summed E-state index contributed by atoms with van der Waals surface area (Å²) in [4.78, 5) is 0. The molecule has 0 aromatic carbocycles. The SMILES string of the molecule is CCC(C)SCCCl. The Morgan fingerprint density at radius 3 is 2.62 bits per heavy atom. The van der Waals surface area contributed by atoms with Crippen LogP contribution in [0, 0.1) is 0 Å². The van der Waals surface area contributed by atoms with Crippen LogP contribution in [0.25, 0.3) is 0 Å². The molecular formula is C6H13ClS. The van der Waals surface area contributed by atoms with Crippen LogP contribution in [0.3, 0.4) is 0 Å². The van der Waals surface area contributed by atoms with E-state index in [0.29, 0.717) is 0 Å². The molecule has 0 amide bonds. The number of thioether (sulfide) groups is 1. The lowest BCUT2D eigenvalue weighted by Gasteiger charge is -2.04. The van der Waals surface area contributed by atoms with Crippen molar-refractivity contribution in [2.24, 2.45) is 0 Å². The van der Waals surface area contributed by atoms with Gasteiger partial charge in [-0.05, 0) is 6.42 Å². The normalized spacial score (nSPS) is 13.9. The molecule has 1 atom stereocenters. The van der Waals surface area contributed by atoms with E-state index < -0.39 is 0 Å². The van der Waals surface area contributed by atoms with Gasteiger partial charge in [0.25, 0.3) is 0 Å². The fraction of sp³-hybridized carbons (Fsp3) is 1.00. The third kappa shape index (κ3) is 4.79. The zero-order valence-corrected chi connectivity index (χ0v) is 7.06. The summed E-state index contributed by atoms with van der Waals surface area (Å²) < 4.78 is 0. The molecule has 0 aliphatic carbocycles. The first-order chi connectivity index (χ1) is 3.81. The van der Waals surface area contributed by atoms with Crippen molar-refractivity contribution >= 4 is 23.4 Å². The van der Waals surface area contributed by atoms with Crippen molar-refractivity contribution in [3.63, 3.8) is 0 Å². The van der Waals surface area contributed by atoms with Crippen LogP contribution in [0.2, 0.25) is 0 Å². The van der Waals surface area contributed by atoms with Crippen LogP contribution in [0.15, 0.2) is 0 Å². The molecule has 0 bridgehead atoms. The Balaban J connectivity index is 2.86. The lowest BCUT2D eigenvalue weighted by molar-refractivity contribution is 0.906. The monoisotopic (exact) mass is 152 g/mol. The van der Waals surface area contributed by atoms with E-state index in [2.05, 4.69) is 13.8 Å². The highest BCUT2D eigenvalue weighted by Gasteiger charge is 1.95. The fourth-order valence-electron chi connectivity index (χ4n) is 0.364. The highest BCUT2D eigenvalue weighted by atomic mass is 35.5. The van der Waals surface area contributed by atoms with Crippen molar-refractivity contribution in [3.05, 3.63) is 0 Å². The van der Waals surface area contributed by atoms with E-state index in [0.717, 1.165) is 16.9 Å². The van der Waals surface area contributed by atoms with Crippen LogP contribution in [0.4, 0.5) is 0 Å². The van der Waals surface area contributed by atoms with Crippen LogP contribution >= 0.6 is 23.4 Å². The topological polar surface area (TPSA) is 0 Å². The second-order valence-electron chi connectivity index (χ2n) is 1.78. The van der Waals surface area contributed by atoms with Gasteiger partial charge in [0.05, 0.1) is 0 Å². The zero-order chi connectivity index (χ0) is 6.41. The van der Waals surface area contributed by atoms with Crippen LogP contribution < -0.4 is 0 Å².